The van der Waals surface area contributed by atoms with E-state index in [0.29, 0.717) is 0 Å². The van der Waals surface area contributed by atoms with Crippen molar-refractivity contribution in [1.29, 1.82) is 0 Å². The van der Waals surface area contributed by atoms with Crippen LogP contribution in [0.1, 0.15) is 11.3 Å². The molecule has 0 saturated carbocycles. The second-order valence-corrected chi connectivity index (χ2v) is 4.73. The van der Waals surface area contributed by atoms with Crippen LogP contribution in [0.4, 0.5) is 0 Å². The molecule has 4 rings (SSSR count). The SMILES string of the molecule is COc1ccc2c(c1)-c1nc3cnccn3c1CC2. The van der Waals surface area contributed by atoms with Gasteiger partial charge in [0.1, 0.15) is 5.75 Å². The Bertz CT molecular complexity index is 776. The lowest BCUT2D eigenvalue weighted by Gasteiger charge is -2.16. The maximum atomic E-state index is 5.32. The van der Waals surface area contributed by atoms with E-state index < -0.39 is 0 Å². The maximum Gasteiger partial charge on any atom is 0.156 e. The Morgan fingerprint density at radius 3 is 3.11 bits per heavy atom. The van der Waals surface area contributed by atoms with Gasteiger partial charge < -0.3 is 9.14 Å². The second kappa shape index (κ2) is 3.82. The first-order valence-corrected chi connectivity index (χ1v) is 6.35. The highest BCUT2D eigenvalue weighted by atomic mass is 16.5. The lowest BCUT2D eigenvalue weighted by molar-refractivity contribution is 0.415. The van der Waals surface area contributed by atoms with Crippen LogP contribution >= 0.6 is 0 Å². The quantitative estimate of drug-likeness (QED) is 0.667. The minimum absolute atomic E-state index is 0.877. The van der Waals surface area contributed by atoms with Crippen molar-refractivity contribution in [2.45, 2.75) is 12.8 Å². The number of hydrogen-bond donors (Lipinski definition) is 0. The van der Waals surface area contributed by atoms with E-state index in [4.69, 9.17) is 9.72 Å². The van der Waals surface area contributed by atoms with Gasteiger partial charge in [-0.3, -0.25) is 4.98 Å². The molecular weight excluding hydrogens is 238 g/mol. The molecule has 0 amide bonds. The van der Waals surface area contributed by atoms with Crippen molar-refractivity contribution in [2.24, 2.45) is 0 Å². The van der Waals surface area contributed by atoms with E-state index in [1.807, 2.05) is 12.3 Å². The van der Waals surface area contributed by atoms with Crippen molar-refractivity contribution in [2.75, 3.05) is 7.11 Å². The molecule has 94 valence electrons. The third-order valence-corrected chi connectivity index (χ3v) is 3.73. The number of aromatic nitrogens is 3. The second-order valence-electron chi connectivity index (χ2n) is 4.73. The largest absolute Gasteiger partial charge is 0.497 e. The van der Waals surface area contributed by atoms with E-state index in [0.717, 1.165) is 29.9 Å². The van der Waals surface area contributed by atoms with Crippen LogP contribution in [-0.4, -0.2) is 21.5 Å². The van der Waals surface area contributed by atoms with Gasteiger partial charge in [0.05, 0.1) is 24.7 Å². The van der Waals surface area contributed by atoms with Crippen molar-refractivity contribution in [3.8, 4) is 17.0 Å². The molecule has 0 aliphatic heterocycles. The summed E-state index contributed by atoms with van der Waals surface area (Å²) < 4.78 is 7.45. The fourth-order valence-corrected chi connectivity index (χ4v) is 2.79. The Kier molecular flexibility index (Phi) is 2.12. The Hall–Kier alpha value is -2.36. The molecule has 0 atom stereocenters. The number of aryl methyl sites for hydroxylation is 2. The molecule has 4 nitrogen and oxygen atoms in total. The molecule has 1 aliphatic rings. The molecule has 0 bridgehead atoms. The molecule has 1 aromatic carbocycles. The average Bonchev–Trinajstić information content (AvgIpc) is 2.85. The lowest BCUT2D eigenvalue weighted by Crippen LogP contribution is -2.05. The van der Waals surface area contributed by atoms with Gasteiger partial charge in [0.2, 0.25) is 0 Å². The molecule has 0 saturated heterocycles. The van der Waals surface area contributed by atoms with Gasteiger partial charge in [-0.2, -0.15) is 0 Å². The number of fused-ring (bicyclic) bond motifs is 5. The number of imidazole rings is 1. The van der Waals surface area contributed by atoms with E-state index in [1.165, 1.54) is 16.8 Å². The number of ether oxygens (including phenoxy) is 1. The van der Waals surface area contributed by atoms with Gasteiger partial charge in [0.15, 0.2) is 5.65 Å². The minimum Gasteiger partial charge on any atom is -0.497 e. The molecule has 1 aliphatic carbocycles. The van der Waals surface area contributed by atoms with Crippen molar-refractivity contribution >= 4 is 5.65 Å². The Morgan fingerprint density at radius 1 is 1.26 bits per heavy atom. The van der Waals surface area contributed by atoms with Crippen molar-refractivity contribution in [3.63, 3.8) is 0 Å². The fourth-order valence-electron chi connectivity index (χ4n) is 2.79. The number of methoxy groups -OCH3 is 1. The summed E-state index contributed by atoms with van der Waals surface area (Å²) in [6.07, 6.45) is 7.64. The number of rotatable bonds is 1. The van der Waals surface area contributed by atoms with E-state index >= 15 is 0 Å². The molecule has 0 radical (unpaired) electrons. The van der Waals surface area contributed by atoms with Crippen LogP contribution in [-0.2, 0) is 12.8 Å². The molecular formula is C15H13N3O. The Morgan fingerprint density at radius 2 is 2.21 bits per heavy atom. The van der Waals surface area contributed by atoms with Gasteiger partial charge in [-0.1, -0.05) is 6.07 Å². The van der Waals surface area contributed by atoms with E-state index in [1.54, 1.807) is 19.5 Å². The molecule has 0 N–H and O–H groups in total. The summed E-state index contributed by atoms with van der Waals surface area (Å²) in [7, 11) is 1.69. The molecule has 2 aromatic heterocycles. The number of hydrogen-bond acceptors (Lipinski definition) is 3. The monoisotopic (exact) mass is 251 g/mol. The first kappa shape index (κ1) is 10.6. The zero-order valence-electron chi connectivity index (χ0n) is 10.6. The highest BCUT2D eigenvalue weighted by Gasteiger charge is 2.21. The van der Waals surface area contributed by atoms with Crippen molar-refractivity contribution in [1.82, 2.24) is 14.4 Å². The number of benzene rings is 1. The summed E-state index contributed by atoms with van der Waals surface area (Å²) in [6, 6.07) is 6.23. The van der Waals surface area contributed by atoms with Gasteiger partial charge in [-0.25, -0.2) is 4.98 Å². The zero-order chi connectivity index (χ0) is 12.8. The molecule has 0 spiro atoms. The summed E-state index contributed by atoms with van der Waals surface area (Å²) in [5.74, 6) is 0.877. The normalized spacial score (nSPS) is 13.1. The highest BCUT2D eigenvalue weighted by molar-refractivity contribution is 5.73. The van der Waals surface area contributed by atoms with Crippen LogP contribution in [0.2, 0.25) is 0 Å². The zero-order valence-corrected chi connectivity index (χ0v) is 10.6. The standard InChI is InChI=1S/C15H13N3O/c1-19-11-4-2-10-3-5-13-15(12(10)8-11)17-14-9-16-6-7-18(13)14/h2,4,6-9H,3,5H2,1H3. The molecule has 2 heterocycles. The molecule has 19 heavy (non-hydrogen) atoms. The van der Waals surface area contributed by atoms with Crippen LogP contribution in [0, 0.1) is 0 Å². The third kappa shape index (κ3) is 1.46. The van der Waals surface area contributed by atoms with Gasteiger partial charge in [-0.15, -0.1) is 0 Å². The summed E-state index contributed by atoms with van der Waals surface area (Å²) in [4.78, 5) is 8.85. The topological polar surface area (TPSA) is 39.4 Å². The van der Waals surface area contributed by atoms with Crippen LogP contribution < -0.4 is 4.74 Å². The molecule has 0 fully saturated rings. The van der Waals surface area contributed by atoms with E-state index in [9.17, 15) is 0 Å². The summed E-state index contributed by atoms with van der Waals surface area (Å²) in [5, 5.41) is 0. The molecule has 3 aromatic rings. The van der Waals surface area contributed by atoms with E-state index in [2.05, 4.69) is 21.5 Å². The first-order chi connectivity index (χ1) is 9.36. The average molecular weight is 251 g/mol. The van der Waals surface area contributed by atoms with Crippen molar-refractivity contribution in [3.05, 3.63) is 48.0 Å². The predicted molar refractivity (Wildman–Crippen MR) is 72.4 cm³/mol. The summed E-state index contributed by atoms with van der Waals surface area (Å²) in [5.41, 5.74) is 5.75. The van der Waals surface area contributed by atoms with Crippen LogP contribution in [0.25, 0.3) is 16.9 Å². The number of nitrogens with zero attached hydrogens (tertiary/aromatic N) is 3. The van der Waals surface area contributed by atoms with Crippen LogP contribution in [0.3, 0.4) is 0 Å². The Labute approximate surface area is 110 Å². The first-order valence-electron chi connectivity index (χ1n) is 6.35. The van der Waals surface area contributed by atoms with Gasteiger partial charge in [-0.05, 0) is 30.5 Å². The van der Waals surface area contributed by atoms with Crippen LogP contribution in [0.15, 0.2) is 36.8 Å². The minimum atomic E-state index is 0.877. The predicted octanol–water partition coefficient (Wildman–Crippen LogP) is 2.50. The third-order valence-electron chi connectivity index (χ3n) is 3.73. The van der Waals surface area contributed by atoms with Gasteiger partial charge in [0, 0.05) is 18.0 Å². The summed E-state index contributed by atoms with van der Waals surface area (Å²) in [6.45, 7) is 0. The smallest absolute Gasteiger partial charge is 0.156 e. The maximum absolute atomic E-state index is 5.32. The highest BCUT2D eigenvalue weighted by Crippen LogP contribution is 2.35. The molecule has 4 heteroatoms. The molecule has 0 unspecified atom stereocenters. The Balaban J connectivity index is 2.02. The summed E-state index contributed by atoms with van der Waals surface area (Å²) >= 11 is 0. The lowest BCUT2D eigenvalue weighted by atomic mass is 9.92. The van der Waals surface area contributed by atoms with Gasteiger partial charge in [0.25, 0.3) is 0 Å². The van der Waals surface area contributed by atoms with Crippen LogP contribution in [0.5, 0.6) is 5.75 Å². The fraction of sp³-hybridized carbons (Fsp3) is 0.200. The van der Waals surface area contributed by atoms with Crippen molar-refractivity contribution < 1.29 is 4.74 Å². The van der Waals surface area contributed by atoms with Gasteiger partial charge >= 0.3 is 0 Å². The van der Waals surface area contributed by atoms with E-state index in [-0.39, 0.29) is 0 Å².